The van der Waals surface area contributed by atoms with E-state index in [1.54, 1.807) is 18.3 Å². The van der Waals surface area contributed by atoms with Crippen molar-refractivity contribution in [3.05, 3.63) is 29.8 Å². The van der Waals surface area contributed by atoms with Crippen molar-refractivity contribution >= 4 is 17.5 Å². The van der Waals surface area contributed by atoms with Gasteiger partial charge in [0.2, 0.25) is 11.8 Å². The first kappa shape index (κ1) is 10.1. The minimum Gasteiger partial charge on any atom is -0.366 e. The molecular weight excluding hydrogens is 208 g/mol. The fourth-order valence-corrected chi connectivity index (χ4v) is 1.11. The minimum absolute atomic E-state index is 0.0344. The van der Waals surface area contributed by atoms with Crippen molar-refractivity contribution in [2.75, 3.05) is 11.1 Å². The van der Waals surface area contributed by atoms with Crippen molar-refractivity contribution in [3.63, 3.8) is 0 Å². The first-order chi connectivity index (χ1) is 7.65. The molecule has 0 saturated carbocycles. The van der Waals surface area contributed by atoms with E-state index in [-0.39, 0.29) is 11.8 Å². The number of nitrogens with two attached hydrogens (primary N) is 1. The van der Waals surface area contributed by atoms with E-state index in [1.165, 1.54) is 0 Å². The van der Waals surface area contributed by atoms with Gasteiger partial charge in [-0.1, -0.05) is 0 Å². The van der Waals surface area contributed by atoms with Crippen LogP contribution in [0.4, 0.5) is 11.6 Å². The van der Waals surface area contributed by atoms with E-state index in [0.717, 1.165) is 5.69 Å². The number of carbonyl (C=O) groups is 1. The number of pyridine rings is 1. The number of amides is 1. The van der Waals surface area contributed by atoms with Gasteiger partial charge in [0, 0.05) is 5.69 Å². The second-order valence-corrected chi connectivity index (χ2v) is 3.18. The number of aromatic amines is 1. The Kier molecular flexibility index (Phi) is 2.50. The monoisotopic (exact) mass is 218 g/mol. The Labute approximate surface area is 91.1 Å². The third-order valence-electron chi connectivity index (χ3n) is 1.89. The van der Waals surface area contributed by atoms with Gasteiger partial charge in [-0.05, 0) is 19.1 Å². The number of rotatable bonds is 2. The van der Waals surface area contributed by atoms with Crippen molar-refractivity contribution in [1.82, 2.24) is 20.2 Å². The Morgan fingerprint density at radius 1 is 1.50 bits per heavy atom. The highest BCUT2D eigenvalue weighted by molar-refractivity contribution is 6.01. The molecule has 0 aromatic carbocycles. The number of carbonyl (C=O) groups excluding carboxylic acids is 1. The predicted octanol–water partition coefficient (Wildman–Crippen LogP) is 0.343. The molecule has 1 amide bonds. The van der Waals surface area contributed by atoms with Crippen molar-refractivity contribution in [3.8, 4) is 0 Å². The van der Waals surface area contributed by atoms with Crippen molar-refractivity contribution in [2.24, 2.45) is 0 Å². The molecule has 0 atom stereocenters. The van der Waals surface area contributed by atoms with Crippen LogP contribution in [0.2, 0.25) is 0 Å². The van der Waals surface area contributed by atoms with Gasteiger partial charge in [0.1, 0.15) is 0 Å². The molecule has 0 aliphatic rings. The molecule has 16 heavy (non-hydrogen) atoms. The molecule has 82 valence electrons. The van der Waals surface area contributed by atoms with Gasteiger partial charge < -0.3 is 11.1 Å². The number of aromatic nitrogens is 4. The normalized spacial score (nSPS) is 10.1. The van der Waals surface area contributed by atoms with Gasteiger partial charge in [0.15, 0.2) is 0 Å². The molecule has 0 aliphatic heterocycles. The third kappa shape index (κ3) is 2.14. The zero-order chi connectivity index (χ0) is 11.5. The third-order valence-corrected chi connectivity index (χ3v) is 1.89. The summed E-state index contributed by atoms with van der Waals surface area (Å²) in [6, 6.07) is 3.55. The fourth-order valence-electron chi connectivity index (χ4n) is 1.11. The summed E-state index contributed by atoms with van der Waals surface area (Å²) >= 11 is 0. The highest BCUT2D eigenvalue weighted by Gasteiger charge is 2.10. The molecule has 2 aromatic rings. The van der Waals surface area contributed by atoms with E-state index in [9.17, 15) is 4.79 Å². The molecule has 2 aromatic heterocycles. The minimum atomic E-state index is -0.408. The number of nitrogen functional groups attached to an aromatic ring is 1. The van der Waals surface area contributed by atoms with Gasteiger partial charge in [-0.2, -0.15) is 4.98 Å². The molecule has 0 spiro atoms. The van der Waals surface area contributed by atoms with Gasteiger partial charge >= 0.3 is 0 Å². The van der Waals surface area contributed by atoms with E-state index >= 15 is 0 Å². The molecule has 0 fully saturated rings. The molecule has 0 aliphatic carbocycles. The van der Waals surface area contributed by atoms with Crippen LogP contribution in [0.25, 0.3) is 0 Å². The van der Waals surface area contributed by atoms with E-state index in [4.69, 9.17) is 5.73 Å². The molecule has 0 radical (unpaired) electrons. The standard InChI is InChI=1S/C9H10N6O/c1-5-2-3-6(4-11-5)12-8(16)7-13-9(10)15-14-7/h2-4H,1H3,(H,12,16)(H3,10,13,14,15). The molecule has 0 bridgehead atoms. The van der Waals surface area contributed by atoms with Crippen LogP contribution in [0.1, 0.15) is 16.3 Å². The Balaban J connectivity index is 2.10. The quantitative estimate of drug-likeness (QED) is 0.673. The molecule has 2 rings (SSSR count). The van der Waals surface area contributed by atoms with Crippen LogP contribution in [0.15, 0.2) is 18.3 Å². The van der Waals surface area contributed by atoms with E-state index < -0.39 is 5.91 Å². The summed E-state index contributed by atoms with van der Waals surface area (Å²) in [5.41, 5.74) is 6.75. The van der Waals surface area contributed by atoms with Gasteiger partial charge in [-0.15, -0.1) is 5.10 Å². The van der Waals surface area contributed by atoms with Gasteiger partial charge in [-0.3, -0.25) is 14.9 Å². The number of aryl methyl sites for hydroxylation is 1. The summed E-state index contributed by atoms with van der Waals surface area (Å²) in [5.74, 6) is -0.305. The Bertz CT molecular complexity index is 503. The highest BCUT2D eigenvalue weighted by Crippen LogP contribution is 2.06. The molecular formula is C9H10N6O. The number of hydrogen-bond donors (Lipinski definition) is 3. The maximum Gasteiger partial charge on any atom is 0.293 e. The number of H-pyrrole nitrogens is 1. The summed E-state index contributed by atoms with van der Waals surface area (Å²) < 4.78 is 0. The molecule has 2 heterocycles. The second-order valence-electron chi connectivity index (χ2n) is 3.18. The summed E-state index contributed by atoms with van der Waals surface area (Å²) in [7, 11) is 0. The van der Waals surface area contributed by atoms with E-state index in [0.29, 0.717) is 5.69 Å². The average Bonchev–Trinajstić information content (AvgIpc) is 2.68. The predicted molar refractivity (Wildman–Crippen MR) is 57.7 cm³/mol. The number of nitrogens with one attached hydrogen (secondary N) is 2. The SMILES string of the molecule is Cc1ccc(NC(=O)c2nc(N)n[nH]2)cn1. The summed E-state index contributed by atoms with van der Waals surface area (Å²) in [6.07, 6.45) is 1.56. The van der Waals surface area contributed by atoms with Crippen LogP contribution in [0, 0.1) is 6.92 Å². The smallest absolute Gasteiger partial charge is 0.293 e. The lowest BCUT2D eigenvalue weighted by Gasteiger charge is -2.01. The highest BCUT2D eigenvalue weighted by atomic mass is 16.2. The molecule has 7 nitrogen and oxygen atoms in total. The van der Waals surface area contributed by atoms with Crippen molar-refractivity contribution < 1.29 is 4.79 Å². The summed E-state index contributed by atoms with van der Waals surface area (Å²) in [5, 5.41) is 8.58. The Hall–Kier alpha value is -2.44. The number of anilines is 2. The van der Waals surface area contributed by atoms with E-state index in [2.05, 4.69) is 25.5 Å². The lowest BCUT2D eigenvalue weighted by Crippen LogP contribution is -2.14. The van der Waals surface area contributed by atoms with Crippen molar-refractivity contribution in [1.29, 1.82) is 0 Å². The molecule has 4 N–H and O–H groups in total. The lowest BCUT2D eigenvalue weighted by atomic mass is 10.3. The topological polar surface area (TPSA) is 110 Å². The number of hydrogen-bond acceptors (Lipinski definition) is 5. The lowest BCUT2D eigenvalue weighted by molar-refractivity contribution is 0.101. The molecule has 7 heteroatoms. The first-order valence-electron chi connectivity index (χ1n) is 4.57. The van der Waals surface area contributed by atoms with Crippen molar-refractivity contribution in [2.45, 2.75) is 6.92 Å². The zero-order valence-corrected chi connectivity index (χ0v) is 8.56. The second kappa shape index (κ2) is 3.97. The largest absolute Gasteiger partial charge is 0.366 e. The molecule has 0 unspecified atom stereocenters. The van der Waals surface area contributed by atoms with Crippen LogP contribution < -0.4 is 11.1 Å². The van der Waals surface area contributed by atoms with Crippen LogP contribution in [-0.2, 0) is 0 Å². The zero-order valence-electron chi connectivity index (χ0n) is 8.56. The Morgan fingerprint density at radius 2 is 2.31 bits per heavy atom. The molecule has 0 saturated heterocycles. The first-order valence-corrected chi connectivity index (χ1v) is 4.57. The van der Waals surface area contributed by atoms with Crippen LogP contribution in [0.3, 0.4) is 0 Å². The Morgan fingerprint density at radius 3 is 2.88 bits per heavy atom. The van der Waals surface area contributed by atoms with Gasteiger partial charge in [0.25, 0.3) is 5.91 Å². The fraction of sp³-hybridized carbons (Fsp3) is 0.111. The van der Waals surface area contributed by atoms with Gasteiger partial charge in [0.05, 0.1) is 11.9 Å². The van der Waals surface area contributed by atoms with Gasteiger partial charge in [-0.25, -0.2) is 0 Å². The van der Waals surface area contributed by atoms with E-state index in [1.807, 2.05) is 6.92 Å². The van der Waals surface area contributed by atoms with Crippen LogP contribution in [0.5, 0.6) is 0 Å². The number of nitrogens with zero attached hydrogens (tertiary/aromatic N) is 3. The van der Waals surface area contributed by atoms with Crippen LogP contribution in [-0.4, -0.2) is 26.1 Å². The maximum atomic E-state index is 11.6. The average molecular weight is 218 g/mol. The maximum absolute atomic E-state index is 11.6. The summed E-state index contributed by atoms with van der Waals surface area (Å²) in [4.78, 5) is 19.3. The van der Waals surface area contributed by atoms with Crippen LogP contribution >= 0.6 is 0 Å². The summed E-state index contributed by atoms with van der Waals surface area (Å²) in [6.45, 7) is 1.86.